The molecule has 0 spiro atoms. The molecule has 2 aromatic rings. The van der Waals surface area contributed by atoms with Gasteiger partial charge in [-0.05, 0) is 44.4 Å². The molecule has 9 heteroatoms. The molecule has 0 N–H and O–H groups in total. The van der Waals surface area contributed by atoms with Crippen LogP contribution < -0.4 is 5.56 Å². The molecule has 1 aromatic carbocycles. The summed E-state index contributed by atoms with van der Waals surface area (Å²) in [5.74, 6) is -0.124. The highest BCUT2D eigenvalue weighted by Crippen LogP contribution is 2.34. The van der Waals surface area contributed by atoms with Gasteiger partial charge in [0.25, 0.3) is 5.56 Å². The summed E-state index contributed by atoms with van der Waals surface area (Å²) in [7, 11) is 0. The lowest BCUT2D eigenvalue weighted by molar-refractivity contribution is -0.143. The summed E-state index contributed by atoms with van der Waals surface area (Å²) in [6.45, 7) is 5.22. The van der Waals surface area contributed by atoms with Crippen molar-refractivity contribution in [2.24, 2.45) is 5.92 Å². The normalized spacial score (nSPS) is 18.6. The topological polar surface area (TPSA) is 84.7 Å². The SMILES string of the molecule is CC(=O)OCCCCN1CC(C(=O)N2CCc3nc(SC4CCCCC4)n(-c4ccccc4)c(=O)c3C2)C1. The van der Waals surface area contributed by atoms with E-state index in [0.29, 0.717) is 36.9 Å². The number of nitrogens with zero attached hydrogens (tertiary/aromatic N) is 4. The number of fused-ring (bicyclic) bond motifs is 1. The Labute approximate surface area is 228 Å². The number of para-hydroxylation sites is 1. The number of unbranched alkanes of at least 4 members (excludes halogenated alkanes) is 1. The van der Waals surface area contributed by atoms with Gasteiger partial charge in [0.2, 0.25) is 5.91 Å². The van der Waals surface area contributed by atoms with Crippen molar-refractivity contribution in [3.05, 3.63) is 51.9 Å². The molecule has 8 nitrogen and oxygen atoms in total. The summed E-state index contributed by atoms with van der Waals surface area (Å²) in [6, 6.07) is 9.77. The van der Waals surface area contributed by atoms with E-state index in [9.17, 15) is 14.4 Å². The zero-order valence-corrected chi connectivity index (χ0v) is 23.1. The van der Waals surface area contributed by atoms with E-state index in [0.717, 1.165) is 49.0 Å². The molecule has 38 heavy (non-hydrogen) atoms. The van der Waals surface area contributed by atoms with Crippen molar-refractivity contribution in [2.75, 3.05) is 32.8 Å². The van der Waals surface area contributed by atoms with Crippen molar-refractivity contribution in [1.82, 2.24) is 19.4 Å². The summed E-state index contributed by atoms with van der Waals surface area (Å²) in [6.07, 6.45) is 8.49. The second kappa shape index (κ2) is 12.5. The molecule has 0 bridgehead atoms. The lowest BCUT2D eigenvalue weighted by Gasteiger charge is -2.41. The number of ether oxygens (including phenoxy) is 1. The molecule has 0 unspecified atom stereocenters. The van der Waals surface area contributed by atoms with Gasteiger partial charge in [0.15, 0.2) is 5.16 Å². The molecule has 204 valence electrons. The minimum Gasteiger partial charge on any atom is -0.466 e. The van der Waals surface area contributed by atoms with Gasteiger partial charge >= 0.3 is 5.97 Å². The maximum Gasteiger partial charge on any atom is 0.302 e. The van der Waals surface area contributed by atoms with E-state index >= 15 is 0 Å². The monoisotopic (exact) mass is 538 g/mol. The van der Waals surface area contributed by atoms with Gasteiger partial charge in [-0.15, -0.1) is 0 Å². The Morgan fingerprint density at radius 1 is 1.08 bits per heavy atom. The third-order valence-electron chi connectivity index (χ3n) is 7.83. The number of benzene rings is 1. The summed E-state index contributed by atoms with van der Waals surface area (Å²) >= 11 is 1.75. The third kappa shape index (κ3) is 6.31. The zero-order valence-electron chi connectivity index (χ0n) is 22.3. The van der Waals surface area contributed by atoms with Crippen LogP contribution in [0.5, 0.6) is 0 Å². The molecule has 0 radical (unpaired) electrons. The molecule has 1 aliphatic carbocycles. The zero-order chi connectivity index (χ0) is 26.5. The number of aromatic nitrogens is 2. The number of carbonyl (C=O) groups is 2. The second-order valence-electron chi connectivity index (χ2n) is 10.7. The Bertz CT molecular complexity index is 1190. The van der Waals surface area contributed by atoms with Crippen LogP contribution in [0.25, 0.3) is 5.69 Å². The number of likely N-dealkylation sites (tertiary alicyclic amines) is 1. The van der Waals surface area contributed by atoms with Crippen LogP contribution in [0, 0.1) is 5.92 Å². The highest BCUT2D eigenvalue weighted by Gasteiger charge is 2.37. The fourth-order valence-corrected chi connectivity index (χ4v) is 7.00. The predicted octanol–water partition coefficient (Wildman–Crippen LogP) is 3.82. The molecule has 1 saturated carbocycles. The average molecular weight is 539 g/mol. The van der Waals surface area contributed by atoms with Gasteiger partial charge in [0.1, 0.15) is 0 Å². The molecular weight excluding hydrogens is 500 g/mol. The van der Waals surface area contributed by atoms with Crippen molar-refractivity contribution in [2.45, 2.75) is 75.2 Å². The van der Waals surface area contributed by atoms with Crippen molar-refractivity contribution < 1.29 is 14.3 Å². The Kier molecular flexibility index (Phi) is 8.84. The van der Waals surface area contributed by atoms with Crippen LogP contribution in [0.4, 0.5) is 0 Å². The number of hydrogen-bond donors (Lipinski definition) is 0. The predicted molar refractivity (Wildman–Crippen MR) is 147 cm³/mol. The van der Waals surface area contributed by atoms with Crippen LogP contribution in [0.2, 0.25) is 0 Å². The molecular formula is C29H38N4O4S. The number of hydrogen-bond acceptors (Lipinski definition) is 7. The fraction of sp³-hybridized carbons (Fsp3) is 0.586. The average Bonchev–Trinajstić information content (AvgIpc) is 2.90. The number of amides is 1. The first-order valence-electron chi connectivity index (χ1n) is 14.0. The molecule has 1 aromatic heterocycles. The highest BCUT2D eigenvalue weighted by atomic mass is 32.2. The van der Waals surface area contributed by atoms with Crippen molar-refractivity contribution in [3.8, 4) is 5.69 Å². The minimum atomic E-state index is -0.243. The van der Waals surface area contributed by atoms with E-state index in [4.69, 9.17) is 9.72 Å². The molecule has 1 saturated heterocycles. The molecule has 2 aliphatic heterocycles. The Morgan fingerprint density at radius 2 is 1.84 bits per heavy atom. The first kappa shape index (κ1) is 26.9. The fourth-order valence-electron chi connectivity index (χ4n) is 5.68. The maximum atomic E-state index is 13.9. The summed E-state index contributed by atoms with van der Waals surface area (Å²) in [4.78, 5) is 47.2. The van der Waals surface area contributed by atoms with E-state index in [1.165, 1.54) is 39.0 Å². The summed E-state index contributed by atoms with van der Waals surface area (Å²) in [5.41, 5.74) is 2.30. The molecule has 3 heterocycles. The van der Waals surface area contributed by atoms with Crippen LogP contribution in [0.1, 0.15) is 63.1 Å². The van der Waals surface area contributed by atoms with Gasteiger partial charge in [0, 0.05) is 38.2 Å². The second-order valence-corrected chi connectivity index (χ2v) is 12.0. The van der Waals surface area contributed by atoms with E-state index in [1.807, 2.05) is 35.2 Å². The minimum absolute atomic E-state index is 0.0181. The van der Waals surface area contributed by atoms with Crippen LogP contribution in [0.3, 0.4) is 0 Å². The number of rotatable bonds is 9. The first-order valence-corrected chi connectivity index (χ1v) is 14.9. The van der Waals surface area contributed by atoms with Crippen LogP contribution in [0.15, 0.2) is 40.3 Å². The first-order chi connectivity index (χ1) is 18.5. The standard InChI is InChI=1S/C29H38N4O4S/c1-21(34)37-17-9-8-15-31-18-22(19-31)27(35)32-16-14-26-25(20-32)28(36)33(23-10-4-2-5-11-23)29(30-26)38-24-12-6-3-7-13-24/h2,4-5,10-11,22,24H,3,6-9,12-20H2,1H3. The molecule has 5 rings (SSSR count). The third-order valence-corrected chi connectivity index (χ3v) is 9.12. The van der Waals surface area contributed by atoms with Gasteiger partial charge in [-0.3, -0.25) is 19.0 Å². The van der Waals surface area contributed by atoms with Gasteiger partial charge in [0.05, 0.1) is 36.0 Å². The number of esters is 1. The lowest BCUT2D eigenvalue weighted by atomic mass is 9.96. The van der Waals surface area contributed by atoms with Gasteiger partial charge in [-0.2, -0.15) is 0 Å². The van der Waals surface area contributed by atoms with Gasteiger partial charge in [-0.1, -0.05) is 49.2 Å². The smallest absolute Gasteiger partial charge is 0.302 e. The van der Waals surface area contributed by atoms with E-state index in [1.54, 1.807) is 16.3 Å². The molecule has 1 amide bonds. The maximum absolute atomic E-state index is 13.9. The highest BCUT2D eigenvalue weighted by molar-refractivity contribution is 7.99. The van der Waals surface area contributed by atoms with E-state index in [-0.39, 0.29) is 23.4 Å². The molecule has 0 atom stereocenters. The van der Waals surface area contributed by atoms with Gasteiger partial charge < -0.3 is 14.5 Å². The molecule has 2 fully saturated rings. The Morgan fingerprint density at radius 3 is 2.58 bits per heavy atom. The largest absolute Gasteiger partial charge is 0.466 e. The van der Waals surface area contributed by atoms with E-state index in [2.05, 4.69) is 4.90 Å². The summed E-state index contributed by atoms with van der Waals surface area (Å²) < 4.78 is 6.75. The Hall–Kier alpha value is -2.65. The van der Waals surface area contributed by atoms with Gasteiger partial charge in [-0.25, -0.2) is 4.98 Å². The quantitative estimate of drug-likeness (QED) is 0.273. The number of carbonyl (C=O) groups excluding carboxylic acids is 2. The van der Waals surface area contributed by atoms with Crippen LogP contribution in [-0.2, 0) is 27.3 Å². The summed E-state index contributed by atoms with van der Waals surface area (Å²) in [5, 5.41) is 1.28. The molecule has 3 aliphatic rings. The Balaban J connectivity index is 1.25. The van der Waals surface area contributed by atoms with E-state index < -0.39 is 0 Å². The number of thioether (sulfide) groups is 1. The van der Waals surface area contributed by atoms with Crippen LogP contribution >= 0.6 is 11.8 Å². The van der Waals surface area contributed by atoms with Crippen molar-refractivity contribution in [3.63, 3.8) is 0 Å². The van der Waals surface area contributed by atoms with Crippen LogP contribution in [-0.4, -0.2) is 69.3 Å². The van der Waals surface area contributed by atoms with Crippen molar-refractivity contribution >= 4 is 23.6 Å². The van der Waals surface area contributed by atoms with Crippen molar-refractivity contribution in [1.29, 1.82) is 0 Å². The lowest BCUT2D eigenvalue weighted by Crippen LogP contribution is -2.55.